The van der Waals surface area contributed by atoms with E-state index in [4.69, 9.17) is 4.43 Å². The fourth-order valence-electron chi connectivity index (χ4n) is 5.91. The Morgan fingerprint density at radius 1 is 0.476 bits per heavy atom. The van der Waals surface area contributed by atoms with Gasteiger partial charge in [-0.25, -0.2) is 0 Å². The molecule has 0 saturated heterocycles. The summed E-state index contributed by atoms with van der Waals surface area (Å²) in [5, 5.41) is 6.97. The number of aryl methyl sites for hydroxylation is 3. The van der Waals surface area contributed by atoms with Crippen LogP contribution < -0.4 is 16.0 Å². The molecule has 3 N–H and O–H groups in total. The molecule has 0 aliphatic carbocycles. The second-order valence-corrected chi connectivity index (χ2v) is 15.2. The van der Waals surface area contributed by atoms with Crippen LogP contribution in [0.5, 0.6) is 0 Å². The number of hydrogen-bond acceptors (Lipinski definition) is 7. The van der Waals surface area contributed by atoms with Gasteiger partial charge in [-0.2, -0.15) is 0 Å². The summed E-state index contributed by atoms with van der Waals surface area (Å²) in [6.45, 7) is 0. The molecule has 6 rings (SSSR count). The van der Waals surface area contributed by atoms with Crippen LogP contribution in [-0.4, -0.2) is 50.9 Å². The van der Waals surface area contributed by atoms with Gasteiger partial charge in [-0.15, -0.1) is 0 Å². The Labute approximate surface area is 242 Å². The number of rotatable bonds is 10. The van der Waals surface area contributed by atoms with Gasteiger partial charge >= 0.3 is 0 Å². The standard InChI is InChI=1S/C31H27N3O7Si/c1-41-42(11-8-17-2-5-20-23(14-17)29(38)32-26(20)35,12-9-18-3-6-21-24(15-18)30(39)33-27(21)36)13-10-19-4-7-22-25(16-19)31(40)34-28(22)37/h2-7,14-16H,8-13H2,1H3,(H,32,35,38)(H,33,36,39)(H,34,37,40). The van der Waals surface area contributed by atoms with Crippen LogP contribution in [0.15, 0.2) is 54.6 Å². The SMILES string of the molecule is CO[Si](CCc1ccc2c(c1)C(=O)NC2=O)(CCc1ccc2c(c1)C(=O)NC2=O)CCc1ccc2c(c1)C(=O)NC2=O. The monoisotopic (exact) mass is 581 g/mol. The molecule has 3 aromatic rings. The van der Waals surface area contributed by atoms with Gasteiger partial charge < -0.3 is 4.43 Å². The van der Waals surface area contributed by atoms with Crippen molar-refractivity contribution in [1.82, 2.24) is 16.0 Å². The summed E-state index contributed by atoms with van der Waals surface area (Å²) in [5.41, 5.74) is 5.01. The molecule has 0 atom stereocenters. The van der Waals surface area contributed by atoms with Gasteiger partial charge in [0, 0.05) is 7.11 Å². The molecule has 11 heteroatoms. The molecule has 0 aromatic heterocycles. The lowest BCUT2D eigenvalue weighted by Gasteiger charge is -2.30. The number of imide groups is 3. The molecule has 6 amide bonds. The van der Waals surface area contributed by atoms with Crippen LogP contribution in [0.1, 0.15) is 78.8 Å². The lowest BCUT2D eigenvalue weighted by molar-refractivity contribution is 0.0863. The second-order valence-electron chi connectivity index (χ2n) is 10.9. The fraction of sp³-hybridized carbons (Fsp3) is 0.226. The number of fused-ring (bicyclic) bond motifs is 3. The molecule has 3 aromatic carbocycles. The quantitative estimate of drug-likeness (QED) is 0.246. The number of carbonyl (C=O) groups excluding carboxylic acids is 6. The first-order valence-corrected chi connectivity index (χ1v) is 16.2. The first-order chi connectivity index (χ1) is 20.2. The third-order valence-electron chi connectivity index (χ3n) is 8.44. The average molecular weight is 582 g/mol. The molecule has 0 saturated carbocycles. The topological polar surface area (TPSA) is 148 Å². The van der Waals surface area contributed by atoms with Gasteiger partial charge in [0.2, 0.25) is 0 Å². The molecule has 212 valence electrons. The van der Waals surface area contributed by atoms with Crippen molar-refractivity contribution >= 4 is 43.8 Å². The van der Waals surface area contributed by atoms with Gasteiger partial charge in [0.25, 0.3) is 35.4 Å². The Balaban J connectivity index is 1.24. The maximum atomic E-state index is 12.2. The summed E-state index contributed by atoms with van der Waals surface area (Å²) in [6, 6.07) is 18.1. The molecular weight excluding hydrogens is 554 g/mol. The lowest BCUT2D eigenvalue weighted by Crippen LogP contribution is -2.38. The van der Waals surface area contributed by atoms with E-state index in [1.165, 1.54) is 0 Å². The molecule has 0 radical (unpaired) electrons. The molecular formula is C31H27N3O7Si. The highest BCUT2D eigenvalue weighted by molar-refractivity contribution is 6.73. The molecule has 0 fully saturated rings. The number of nitrogens with one attached hydrogen (secondary N) is 3. The summed E-state index contributed by atoms with van der Waals surface area (Å²) >= 11 is 0. The molecule has 3 heterocycles. The van der Waals surface area contributed by atoms with Crippen molar-refractivity contribution in [2.45, 2.75) is 37.4 Å². The zero-order valence-electron chi connectivity index (χ0n) is 22.8. The fourth-order valence-corrected chi connectivity index (χ4v) is 9.50. The summed E-state index contributed by atoms with van der Waals surface area (Å²) in [5.74, 6) is -2.37. The van der Waals surface area contributed by atoms with Gasteiger partial charge in [0.15, 0.2) is 8.32 Å². The average Bonchev–Trinajstić information content (AvgIpc) is 3.56. The summed E-state index contributed by atoms with van der Waals surface area (Å²) in [7, 11) is -0.776. The minimum Gasteiger partial charge on any atom is -0.420 e. The lowest BCUT2D eigenvalue weighted by atomic mass is 10.0. The van der Waals surface area contributed by atoms with Crippen molar-refractivity contribution < 1.29 is 33.2 Å². The Bertz CT molecular complexity index is 1530. The number of benzene rings is 3. The van der Waals surface area contributed by atoms with E-state index in [9.17, 15) is 28.8 Å². The van der Waals surface area contributed by atoms with Gasteiger partial charge in [0.1, 0.15) is 0 Å². The van der Waals surface area contributed by atoms with Crippen molar-refractivity contribution in [2.24, 2.45) is 0 Å². The molecule has 3 aliphatic rings. The van der Waals surface area contributed by atoms with Gasteiger partial charge in [-0.05, 0) is 90.5 Å². The van der Waals surface area contributed by atoms with Crippen molar-refractivity contribution in [3.05, 3.63) is 105 Å². The van der Waals surface area contributed by atoms with Crippen LogP contribution in [0.2, 0.25) is 18.1 Å². The van der Waals surface area contributed by atoms with E-state index in [1.54, 1.807) is 43.5 Å². The smallest absolute Gasteiger partial charge is 0.258 e. The summed E-state index contributed by atoms with van der Waals surface area (Å²) in [4.78, 5) is 72.5. The van der Waals surface area contributed by atoms with E-state index in [1.807, 2.05) is 18.2 Å². The third kappa shape index (κ3) is 4.97. The normalized spacial score (nSPS) is 15.4. The van der Waals surface area contributed by atoms with Crippen LogP contribution in [0.4, 0.5) is 0 Å². The van der Waals surface area contributed by atoms with Gasteiger partial charge in [-0.3, -0.25) is 44.7 Å². The van der Waals surface area contributed by atoms with E-state index < -0.39 is 43.8 Å². The van der Waals surface area contributed by atoms with Crippen molar-refractivity contribution in [2.75, 3.05) is 7.11 Å². The van der Waals surface area contributed by atoms with E-state index in [0.717, 1.165) is 34.8 Å². The van der Waals surface area contributed by atoms with Crippen molar-refractivity contribution in [1.29, 1.82) is 0 Å². The van der Waals surface area contributed by atoms with Crippen LogP contribution in [0.3, 0.4) is 0 Å². The van der Waals surface area contributed by atoms with Crippen LogP contribution >= 0.6 is 0 Å². The zero-order chi connectivity index (χ0) is 29.6. The van der Waals surface area contributed by atoms with Crippen molar-refractivity contribution in [3.63, 3.8) is 0 Å². The Hall–Kier alpha value is -4.74. The first-order valence-electron chi connectivity index (χ1n) is 13.7. The second kappa shape index (κ2) is 10.6. The molecule has 0 unspecified atom stereocenters. The predicted octanol–water partition coefficient (Wildman–Crippen LogP) is 2.96. The Morgan fingerprint density at radius 3 is 1.05 bits per heavy atom. The maximum absolute atomic E-state index is 12.2. The van der Waals surface area contributed by atoms with Crippen LogP contribution in [0.25, 0.3) is 0 Å². The molecule has 3 aliphatic heterocycles. The van der Waals surface area contributed by atoms with E-state index in [-0.39, 0.29) is 0 Å². The minimum atomic E-state index is -2.49. The largest absolute Gasteiger partial charge is 0.420 e. The summed E-state index contributed by atoms with van der Waals surface area (Å²) in [6.07, 6.45) is 1.91. The number of amides is 6. The predicted molar refractivity (Wildman–Crippen MR) is 153 cm³/mol. The highest BCUT2D eigenvalue weighted by Crippen LogP contribution is 2.31. The van der Waals surface area contributed by atoms with Crippen LogP contribution in [0, 0.1) is 0 Å². The summed E-state index contributed by atoms with van der Waals surface area (Å²) < 4.78 is 6.33. The third-order valence-corrected chi connectivity index (χ3v) is 12.8. The minimum absolute atomic E-state index is 0.372. The van der Waals surface area contributed by atoms with E-state index in [2.05, 4.69) is 16.0 Å². The highest BCUT2D eigenvalue weighted by atomic mass is 28.4. The van der Waals surface area contributed by atoms with Gasteiger partial charge in [-0.1, -0.05) is 18.2 Å². The van der Waals surface area contributed by atoms with E-state index in [0.29, 0.717) is 52.6 Å². The van der Waals surface area contributed by atoms with Crippen LogP contribution in [-0.2, 0) is 23.7 Å². The van der Waals surface area contributed by atoms with Gasteiger partial charge in [0.05, 0.1) is 33.4 Å². The molecule has 0 spiro atoms. The maximum Gasteiger partial charge on any atom is 0.258 e. The Kier molecular flexibility index (Phi) is 6.91. The first kappa shape index (κ1) is 27.4. The zero-order valence-corrected chi connectivity index (χ0v) is 23.8. The van der Waals surface area contributed by atoms with E-state index >= 15 is 0 Å². The Morgan fingerprint density at radius 2 is 0.762 bits per heavy atom. The van der Waals surface area contributed by atoms with Crippen molar-refractivity contribution in [3.8, 4) is 0 Å². The molecule has 0 bridgehead atoms. The highest BCUT2D eigenvalue weighted by Gasteiger charge is 2.35. The molecule has 10 nitrogen and oxygen atoms in total. The molecule has 42 heavy (non-hydrogen) atoms. The number of carbonyl (C=O) groups is 6. The number of hydrogen-bond donors (Lipinski definition) is 3.